The Morgan fingerprint density at radius 2 is 1.97 bits per heavy atom. The molecule has 3 aromatic rings. The van der Waals surface area contributed by atoms with E-state index in [1.165, 1.54) is 11.8 Å². The number of hydrogen-bond donors (Lipinski definition) is 1. The van der Waals surface area contributed by atoms with Gasteiger partial charge in [0.2, 0.25) is 5.91 Å². The van der Waals surface area contributed by atoms with Crippen molar-refractivity contribution in [2.24, 2.45) is 0 Å². The van der Waals surface area contributed by atoms with Crippen LogP contribution in [-0.2, 0) is 4.79 Å². The average Bonchev–Trinajstić information content (AvgIpc) is 3.28. The molecule has 0 bridgehead atoms. The summed E-state index contributed by atoms with van der Waals surface area (Å²) < 4.78 is 7.47. The minimum atomic E-state index is -0.759. The minimum Gasteiger partial charge on any atom is -0.494 e. The van der Waals surface area contributed by atoms with Crippen LogP contribution in [0.5, 0.6) is 5.75 Å². The first-order valence-corrected chi connectivity index (χ1v) is 12.7. The minimum absolute atomic E-state index is 0.133. The smallest absolute Gasteiger partial charge is 0.231 e. The summed E-state index contributed by atoms with van der Waals surface area (Å²) in [6.45, 7) is 2.52. The fraction of sp³-hybridized carbons (Fsp3) is 0.360. The molecule has 176 valence electrons. The molecule has 1 fully saturated rings. The van der Waals surface area contributed by atoms with Crippen LogP contribution in [-0.4, -0.2) is 38.6 Å². The second kappa shape index (κ2) is 10.9. The highest BCUT2D eigenvalue weighted by molar-refractivity contribution is 7.99. The molecule has 1 aromatic heterocycles. The Labute approximate surface area is 208 Å². The lowest BCUT2D eigenvalue weighted by Crippen LogP contribution is -2.49. The van der Waals surface area contributed by atoms with E-state index in [0.717, 1.165) is 36.3 Å². The fourth-order valence-electron chi connectivity index (χ4n) is 4.12. The summed E-state index contributed by atoms with van der Waals surface area (Å²) in [7, 11) is 0. The zero-order chi connectivity index (χ0) is 24.0. The summed E-state index contributed by atoms with van der Waals surface area (Å²) in [5.41, 5.74) is 0.896. The summed E-state index contributed by atoms with van der Waals surface area (Å²) in [4.78, 5) is 12.8. The summed E-state index contributed by atoms with van der Waals surface area (Å²) >= 11 is 7.50. The monoisotopic (exact) mass is 495 g/mol. The number of aromatic nitrogens is 3. The van der Waals surface area contributed by atoms with Gasteiger partial charge in [-0.25, -0.2) is 0 Å². The molecule has 0 radical (unpaired) electrons. The molecule has 1 saturated carbocycles. The van der Waals surface area contributed by atoms with Gasteiger partial charge in [-0.3, -0.25) is 9.36 Å². The highest BCUT2D eigenvalue weighted by Crippen LogP contribution is 2.31. The molecule has 7 nitrogen and oxygen atoms in total. The number of halogens is 1. The Balaban J connectivity index is 1.59. The van der Waals surface area contributed by atoms with E-state index in [9.17, 15) is 10.1 Å². The number of nitrogens with zero attached hydrogens (tertiary/aromatic N) is 4. The predicted molar refractivity (Wildman–Crippen MR) is 133 cm³/mol. The molecule has 0 unspecified atom stereocenters. The van der Waals surface area contributed by atoms with Crippen molar-refractivity contribution in [3.63, 3.8) is 0 Å². The number of nitriles is 1. The number of carbonyl (C=O) groups excluding carboxylic acids is 1. The first kappa shape index (κ1) is 24.1. The zero-order valence-electron chi connectivity index (χ0n) is 19.0. The lowest BCUT2D eigenvalue weighted by atomic mass is 9.83. The first-order valence-electron chi connectivity index (χ1n) is 11.3. The summed E-state index contributed by atoms with van der Waals surface area (Å²) in [5, 5.41) is 22.6. The number of carbonyl (C=O) groups is 1. The molecule has 1 amide bonds. The molecule has 1 heterocycles. The molecule has 0 atom stereocenters. The van der Waals surface area contributed by atoms with Crippen LogP contribution in [0.2, 0.25) is 5.02 Å². The van der Waals surface area contributed by atoms with Gasteiger partial charge in [0.05, 0.1) is 18.4 Å². The summed E-state index contributed by atoms with van der Waals surface area (Å²) in [5.74, 6) is 1.34. The Morgan fingerprint density at radius 1 is 1.21 bits per heavy atom. The largest absolute Gasteiger partial charge is 0.494 e. The van der Waals surface area contributed by atoms with Gasteiger partial charge in [-0.2, -0.15) is 5.26 Å². The van der Waals surface area contributed by atoms with Crippen LogP contribution in [0.3, 0.4) is 0 Å². The molecule has 0 saturated heterocycles. The quantitative estimate of drug-likeness (QED) is 0.419. The van der Waals surface area contributed by atoms with Crippen LogP contribution in [0.4, 0.5) is 0 Å². The SMILES string of the molecule is CCOc1ccc(-n2c(SCC(=O)NC3(C#N)CCCCC3)nnc2-c2cccc(Cl)c2)cc1. The van der Waals surface area contributed by atoms with E-state index >= 15 is 0 Å². The molecule has 4 rings (SSSR count). The van der Waals surface area contributed by atoms with E-state index in [0.29, 0.717) is 35.5 Å². The van der Waals surface area contributed by atoms with Crippen LogP contribution in [0, 0.1) is 11.3 Å². The number of ether oxygens (including phenoxy) is 1. The Hall–Kier alpha value is -3.02. The molecule has 1 N–H and O–H groups in total. The van der Waals surface area contributed by atoms with E-state index in [1.807, 2.05) is 54.0 Å². The maximum atomic E-state index is 12.8. The van der Waals surface area contributed by atoms with E-state index in [2.05, 4.69) is 21.6 Å². The van der Waals surface area contributed by atoms with Crippen molar-refractivity contribution in [2.75, 3.05) is 12.4 Å². The van der Waals surface area contributed by atoms with Crippen LogP contribution in [0.25, 0.3) is 17.1 Å². The third-order valence-corrected chi connectivity index (χ3v) is 6.92. The number of thioether (sulfide) groups is 1. The van der Waals surface area contributed by atoms with Crippen molar-refractivity contribution in [1.29, 1.82) is 5.26 Å². The summed E-state index contributed by atoms with van der Waals surface area (Å²) in [6, 6.07) is 17.4. The first-order chi connectivity index (χ1) is 16.5. The third-order valence-electron chi connectivity index (χ3n) is 5.75. The van der Waals surface area contributed by atoms with Gasteiger partial charge in [0.1, 0.15) is 11.3 Å². The molecule has 0 aliphatic heterocycles. The maximum absolute atomic E-state index is 12.8. The van der Waals surface area contributed by atoms with Crippen molar-refractivity contribution in [3.8, 4) is 28.9 Å². The number of nitrogens with one attached hydrogen (secondary N) is 1. The molecule has 2 aromatic carbocycles. The van der Waals surface area contributed by atoms with E-state index < -0.39 is 5.54 Å². The van der Waals surface area contributed by atoms with Crippen molar-refractivity contribution >= 4 is 29.3 Å². The molecular formula is C25H26ClN5O2S. The third kappa shape index (κ3) is 5.54. The number of rotatable bonds is 8. The number of amides is 1. The molecule has 0 spiro atoms. The highest BCUT2D eigenvalue weighted by atomic mass is 35.5. The Bertz CT molecular complexity index is 1180. The van der Waals surface area contributed by atoms with Crippen molar-refractivity contribution in [2.45, 2.75) is 49.7 Å². The van der Waals surface area contributed by atoms with Gasteiger partial charge in [0.15, 0.2) is 11.0 Å². The van der Waals surface area contributed by atoms with Crippen LogP contribution in [0.15, 0.2) is 53.7 Å². The van der Waals surface area contributed by atoms with Gasteiger partial charge in [0.25, 0.3) is 0 Å². The lowest BCUT2D eigenvalue weighted by Gasteiger charge is -2.31. The van der Waals surface area contributed by atoms with E-state index in [1.54, 1.807) is 6.07 Å². The second-order valence-electron chi connectivity index (χ2n) is 8.17. The molecule has 34 heavy (non-hydrogen) atoms. The maximum Gasteiger partial charge on any atom is 0.231 e. The van der Waals surface area contributed by atoms with Crippen molar-refractivity contribution in [1.82, 2.24) is 20.1 Å². The van der Waals surface area contributed by atoms with Gasteiger partial charge in [-0.15, -0.1) is 10.2 Å². The lowest BCUT2D eigenvalue weighted by molar-refractivity contribution is -0.120. The topological polar surface area (TPSA) is 92.8 Å². The Kier molecular flexibility index (Phi) is 7.76. The predicted octanol–water partition coefficient (Wildman–Crippen LogP) is 5.42. The van der Waals surface area contributed by atoms with Gasteiger partial charge >= 0.3 is 0 Å². The standard InChI is InChI=1S/C25H26ClN5O2S/c1-2-33-21-11-9-20(10-12-21)31-23(18-7-6-8-19(26)15-18)29-30-24(31)34-16-22(32)28-25(17-27)13-4-3-5-14-25/h6-12,15H,2-5,13-14,16H2,1H3,(H,28,32). The van der Waals surface area contributed by atoms with Crippen molar-refractivity contribution < 1.29 is 9.53 Å². The van der Waals surface area contributed by atoms with Crippen molar-refractivity contribution in [3.05, 3.63) is 53.6 Å². The number of hydrogen-bond acceptors (Lipinski definition) is 6. The normalized spacial score (nSPS) is 14.9. The Morgan fingerprint density at radius 3 is 2.65 bits per heavy atom. The second-order valence-corrected chi connectivity index (χ2v) is 9.55. The van der Waals surface area contributed by atoms with Crippen LogP contribution in [0.1, 0.15) is 39.0 Å². The number of benzene rings is 2. The van der Waals surface area contributed by atoms with Crippen LogP contribution < -0.4 is 10.1 Å². The van der Waals surface area contributed by atoms with Crippen LogP contribution >= 0.6 is 23.4 Å². The molecule has 9 heteroatoms. The zero-order valence-corrected chi connectivity index (χ0v) is 20.5. The summed E-state index contributed by atoms with van der Waals surface area (Å²) in [6.07, 6.45) is 4.40. The average molecular weight is 496 g/mol. The molecule has 1 aliphatic carbocycles. The molecule has 1 aliphatic rings. The van der Waals surface area contributed by atoms with Gasteiger partial charge in [0, 0.05) is 16.3 Å². The van der Waals surface area contributed by atoms with E-state index in [4.69, 9.17) is 16.3 Å². The fourth-order valence-corrected chi connectivity index (χ4v) is 5.06. The van der Waals surface area contributed by atoms with Gasteiger partial charge in [-0.05, 0) is 56.2 Å². The van der Waals surface area contributed by atoms with Gasteiger partial charge in [-0.1, -0.05) is 54.8 Å². The molecular weight excluding hydrogens is 470 g/mol. The highest BCUT2D eigenvalue weighted by Gasteiger charge is 2.33. The van der Waals surface area contributed by atoms with E-state index in [-0.39, 0.29) is 11.7 Å². The van der Waals surface area contributed by atoms with Gasteiger partial charge < -0.3 is 10.1 Å².